The number of urea groups is 1. The number of hydrogen-bond acceptors (Lipinski definition) is 5. The maximum atomic E-state index is 11.1. The number of nitrogens with two attached hydrogens (primary N) is 2. The van der Waals surface area contributed by atoms with Crippen LogP contribution in [-0.4, -0.2) is 30.1 Å². The molecule has 3 amide bonds. The lowest BCUT2D eigenvalue weighted by molar-refractivity contribution is 0.211. The van der Waals surface area contributed by atoms with Crippen molar-refractivity contribution in [3.05, 3.63) is 35.9 Å². The molecule has 5 N–H and O–H groups in total. The van der Waals surface area contributed by atoms with E-state index in [-0.39, 0.29) is 5.75 Å². The van der Waals surface area contributed by atoms with E-state index in [1.54, 1.807) is 6.07 Å². The van der Waals surface area contributed by atoms with Crippen molar-refractivity contribution in [1.29, 1.82) is 0 Å². The molecule has 0 saturated carbocycles. The Bertz CT molecular complexity index is 733. The lowest BCUT2D eigenvalue weighted by atomic mass is 10.1. The van der Waals surface area contributed by atoms with Crippen LogP contribution in [0.4, 0.5) is 14.6 Å². The molecule has 25 heavy (non-hydrogen) atoms. The minimum Gasteiger partial charge on any atom is -0.407 e. The highest BCUT2D eigenvalue weighted by atomic mass is 32.1. The average molecular weight is 360 g/mol. The van der Waals surface area contributed by atoms with E-state index in [2.05, 4.69) is 22.3 Å². The van der Waals surface area contributed by atoms with Crippen molar-refractivity contribution in [3.8, 4) is 16.2 Å². The maximum absolute atomic E-state index is 11.1. The molecule has 2 heterocycles. The van der Waals surface area contributed by atoms with E-state index in [1.165, 1.54) is 29.7 Å². The van der Waals surface area contributed by atoms with Gasteiger partial charge in [-0.1, -0.05) is 24.3 Å². The van der Waals surface area contributed by atoms with Crippen molar-refractivity contribution >= 4 is 28.5 Å². The van der Waals surface area contributed by atoms with Crippen molar-refractivity contribution in [2.45, 2.75) is 19.4 Å². The molecule has 0 spiro atoms. The van der Waals surface area contributed by atoms with E-state index >= 15 is 0 Å². The highest BCUT2D eigenvalue weighted by Gasteiger charge is 2.16. The quantitative estimate of drug-likeness (QED) is 0.761. The molecule has 1 fully saturated rings. The van der Waals surface area contributed by atoms with Crippen molar-refractivity contribution < 1.29 is 14.3 Å². The first-order valence-corrected chi connectivity index (χ1v) is 8.82. The highest BCUT2D eigenvalue weighted by molar-refractivity contribution is 7.20. The van der Waals surface area contributed by atoms with E-state index in [1.807, 2.05) is 12.1 Å². The van der Waals surface area contributed by atoms with Gasteiger partial charge < -0.3 is 16.2 Å². The van der Waals surface area contributed by atoms with E-state index < -0.39 is 12.1 Å². The summed E-state index contributed by atoms with van der Waals surface area (Å²) in [6, 6.07) is 9.13. The van der Waals surface area contributed by atoms with Crippen molar-refractivity contribution in [2.24, 2.45) is 11.5 Å². The lowest BCUT2D eigenvalue weighted by Crippen LogP contribution is -2.20. The largest absolute Gasteiger partial charge is 0.410 e. The fourth-order valence-corrected chi connectivity index (χ4v) is 3.87. The third kappa shape index (κ3) is 4.49. The van der Waals surface area contributed by atoms with E-state index in [0.29, 0.717) is 5.00 Å². The number of nitrogens with one attached hydrogen (secondary N) is 1. The SMILES string of the molecule is NC(=O)Nc1sc(-c2ccc(CN3CCCC3)cc2)cc1OC(N)=O. The van der Waals surface area contributed by atoms with Gasteiger partial charge in [0.2, 0.25) is 0 Å². The fraction of sp³-hybridized carbons (Fsp3) is 0.294. The van der Waals surface area contributed by atoms with Gasteiger partial charge in [-0.15, -0.1) is 11.3 Å². The van der Waals surface area contributed by atoms with Crippen molar-refractivity contribution in [3.63, 3.8) is 0 Å². The number of carbonyl (C=O) groups is 2. The summed E-state index contributed by atoms with van der Waals surface area (Å²) in [4.78, 5) is 25.4. The first-order valence-electron chi connectivity index (χ1n) is 8.00. The fourth-order valence-electron chi connectivity index (χ4n) is 2.87. The van der Waals surface area contributed by atoms with Gasteiger partial charge in [0.15, 0.2) is 5.75 Å². The summed E-state index contributed by atoms with van der Waals surface area (Å²) in [5, 5.41) is 2.80. The van der Waals surface area contributed by atoms with Gasteiger partial charge in [0.1, 0.15) is 5.00 Å². The molecule has 1 aliphatic rings. The van der Waals surface area contributed by atoms with E-state index in [9.17, 15) is 9.59 Å². The second kappa shape index (κ2) is 7.54. The zero-order valence-electron chi connectivity index (χ0n) is 13.7. The van der Waals surface area contributed by atoms with Gasteiger partial charge >= 0.3 is 12.1 Å². The Morgan fingerprint density at radius 2 is 1.84 bits per heavy atom. The lowest BCUT2D eigenvalue weighted by Gasteiger charge is -2.14. The van der Waals surface area contributed by atoms with Gasteiger partial charge in [0.25, 0.3) is 0 Å². The summed E-state index contributed by atoms with van der Waals surface area (Å²) in [5.74, 6) is 0.187. The number of rotatable bonds is 5. The number of benzene rings is 1. The second-order valence-electron chi connectivity index (χ2n) is 5.89. The molecule has 2 aromatic rings. The predicted molar refractivity (Wildman–Crippen MR) is 97.7 cm³/mol. The maximum Gasteiger partial charge on any atom is 0.410 e. The van der Waals surface area contributed by atoms with E-state index in [0.717, 1.165) is 30.1 Å². The third-order valence-corrected chi connectivity index (χ3v) is 5.07. The van der Waals surface area contributed by atoms with Gasteiger partial charge in [0, 0.05) is 17.5 Å². The summed E-state index contributed by atoms with van der Waals surface area (Å²) in [6.07, 6.45) is 1.59. The molecule has 0 bridgehead atoms. The van der Waals surface area contributed by atoms with Crippen LogP contribution in [0.2, 0.25) is 0 Å². The molecule has 1 saturated heterocycles. The van der Waals surface area contributed by atoms with Crippen LogP contribution in [-0.2, 0) is 6.54 Å². The van der Waals surface area contributed by atoms with Crippen LogP contribution in [0.15, 0.2) is 30.3 Å². The topological polar surface area (TPSA) is 111 Å². The third-order valence-electron chi connectivity index (χ3n) is 3.99. The number of hydrogen-bond donors (Lipinski definition) is 3. The van der Waals surface area contributed by atoms with Gasteiger partial charge in [-0.05, 0) is 37.1 Å². The Balaban J connectivity index is 1.78. The molecule has 0 atom stereocenters. The van der Waals surface area contributed by atoms with E-state index in [4.69, 9.17) is 16.2 Å². The molecule has 3 rings (SSSR count). The van der Waals surface area contributed by atoms with Gasteiger partial charge in [-0.3, -0.25) is 10.2 Å². The summed E-state index contributed by atoms with van der Waals surface area (Å²) < 4.78 is 4.93. The van der Waals surface area contributed by atoms with Crippen LogP contribution in [0.5, 0.6) is 5.75 Å². The summed E-state index contributed by atoms with van der Waals surface area (Å²) in [6.45, 7) is 3.26. The average Bonchev–Trinajstić information content (AvgIpc) is 3.18. The second-order valence-corrected chi connectivity index (χ2v) is 6.95. The van der Waals surface area contributed by atoms with Crippen LogP contribution in [0, 0.1) is 0 Å². The smallest absolute Gasteiger partial charge is 0.407 e. The van der Waals surface area contributed by atoms with Crippen molar-refractivity contribution in [2.75, 3.05) is 18.4 Å². The number of carbonyl (C=O) groups excluding carboxylic acids is 2. The van der Waals surface area contributed by atoms with Gasteiger partial charge in [-0.25, -0.2) is 9.59 Å². The standard InChI is InChI=1S/C17H20N4O3S/c18-16(22)20-15-13(24-17(19)23)9-14(25-15)12-5-3-11(4-6-12)10-21-7-1-2-8-21/h3-6,9H,1-2,7-8,10H2,(H2,19,23)(H3,18,20,22). The summed E-state index contributed by atoms with van der Waals surface area (Å²) in [7, 11) is 0. The van der Waals surface area contributed by atoms with Gasteiger partial charge in [0.05, 0.1) is 0 Å². The van der Waals surface area contributed by atoms with Crippen LogP contribution in [0.1, 0.15) is 18.4 Å². The zero-order valence-corrected chi connectivity index (χ0v) is 14.5. The molecule has 0 radical (unpaired) electrons. The van der Waals surface area contributed by atoms with Gasteiger partial charge in [-0.2, -0.15) is 0 Å². The monoisotopic (exact) mass is 360 g/mol. The molecule has 7 nitrogen and oxygen atoms in total. The molecule has 8 heteroatoms. The normalized spacial score (nSPS) is 14.4. The van der Waals surface area contributed by atoms with Crippen LogP contribution >= 0.6 is 11.3 Å². The molecule has 0 aliphatic carbocycles. The molecule has 1 aromatic heterocycles. The first kappa shape index (κ1) is 17.2. The molecule has 1 aliphatic heterocycles. The molecule has 0 unspecified atom stereocenters. The number of primary amides is 2. The Kier molecular flexibility index (Phi) is 5.20. The minimum absolute atomic E-state index is 0.187. The summed E-state index contributed by atoms with van der Waals surface area (Å²) in [5.41, 5.74) is 12.4. The number of likely N-dealkylation sites (tertiary alicyclic amines) is 1. The molecular formula is C17H20N4O3S. The summed E-state index contributed by atoms with van der Waals surface area (Å²) >= 11 is 1.27. The van der Waals surface area contributed by atoms with Crippen LogP contribution < -0.4 is 21.5 Å². The Morgan fingerprint density at radius 3 is 2.44 bits per heavy atom. The number of amides is 3. The molecule has 132 valence electrons. The molecular weight excluding hydrogens is 340 g/mol. The number of thiophene rings is 1. The minimum atomic E-state index is -0.946. The number of ether oxygens (including phenoxy) is 1. The number of nitrogens with zero attached hydrogens (tertiary/aromatic N) is 1. The Hall–Kier alpha value is -2.58. The molecule has 1 aromatic carbocycles. The highest BCUT2D eigenvalue weighted by Crippen LogP contribution is 2.40. The number of anilines is 1. The zero-order chi connectivity index (χ0) is 17.8. The Morgan fingerprint density at radius 1 is 1.16 bits per heavy atom. The van der Waals surface area contributed by atoms with Crippen molar-refractivity contribution in [1.82, 2.24) is 4.90 Å². The predicted octanol–water partition coefficient (Wildman–Crippen LogP) is 2.96. The first-order chi connectivity index (χ1) is 12.0. The van der Waals surface area contributed by atoms with Crippen LogP contribution in [0.3, 0.4) is 0 Å². The van der Waals surface area contributed by atoms with Crippen LogP contribution in [0.25, 0.3) is 10.4 Å². The Labute approximate surface area is 149 Å².